The van der Waals surface area contributed by atoms with E-state index in [0.717, 1.165) is 56.6 Å². The second kappa shape index (κ2) is 5.65. The fourth-order valence-corrected chi connectivity index (χ4v) is 4.22. The van der Waals surface area contributed by atoms with E-state index < -0.39 is 0 Å². The number of fused-ring (bicyclic) bond motifs is 1. The van der Waals surface area contributed by atoms with Crippen LogP contribution in [0, 0.1) is 11.3 Å². The minimum atomic E-state index is 0.251. The van der Waals surface area contributed by atoms with Crippen molar-refractivity contribution in [2.24, 2.45) is 11.3 Å². The van der Waals surface area contributed by atoms with Crippen molar-refractivity contribution in [3.05, 3.63) is 30.2 Å². The van der Waals surface area contributed by atoms with Crippen molar-refractivity contribution < 1.29 is 9.84 Å². The molecule has 2 aromatic rings. The van der Waals surface area contributed by atoms with Gasteiger partial charge in [0, 0.05) is 74.4 Å². The molecule has 0 aromatic carbocycles. The lowest BCUT2D eigenvalue weighted by Crippen LogP contribution is -2.38. The van der Waals surface area contributed by atoms with Crippen molar-refractivity contribution in [1.82, 2.24) is 14.9 Å². The summed E-state index contributed by atoms with van der Waals surface area (Å²) in [6.07, 6.45) is 5.86. The molecule has 4 heterocycles. The number of aromatic amines is 1. The van der Waals surface area contributed by atoms with Gasteiger partial charge < -0.3 is 14.8 Å². The standard InChI is InChI=1S/C17H23N3O2/c21-11-14-9-20(12-17(14)2-5-22-6-3-17)10-15-7-13-8-18-4-1-16(13)19-15/h1,4,7-8,14,19,21H,2-3,5-6,9-12H2. The molecule has 2 saturated heterocycles. The van der Waals surface area contributed by atoms with Crippen molar-refractivity contribution in [2.75, 3.05) is 32.9 Å². The van der Waals surface area contributed by atoms with Crippen molar-refractivity contribution in [1.29, 1.82) is 0 Å². The Hall–Kier alpha value is -1.43. The molecular formula is C17H23N3O2. The number of rotatable bonds is 3. The van der Waals surface area contributed by atoms with Crippen molar-refractivity contribution in [2.45, 2.75) is 19.4 Å². The topological polar surface area (TPSA) is 61.4 Å². The maximum Gasteiger partial charge on any atom is 0.0487 e. The second-order valence-corrected chi connectivity index (χ2v) is 6.78. The summed E-state index contributed by atoms with van der Waals surface area (Å²) in [6.45, 7) is 4.91. The molecule has 0 radical (unpaired) electrons. The summed E-state index contributed by atoms with van der Waals surface area (Å²) < 4.78 is 5.53. The molecule has 0 amide bonds. The fraction of sp³-hybridized carbons (Fsp3) is 0.588. The maximum atomic E-state index is 9.80. The Balaban J connectivity index is 1.51. The minimum Gasteiger partial charge on any atom is -0.396 e. The van der Waals surface area contributed by atoms with E-state index in [0.29, 0.717) is 5.92 Å². The maximum absolute atomic E-state index is 9.80. The molecule has 5 heteroatoms. The Labute approximate surface area is 130 Å². The highest BCUT2D eigenvalue weighted by Crippen LogP contribution is 2.44. The lowest BCUT2D eigenvalue weighted by molar-refractivity contribution is -0.0118. The third-order valence-electron chi connectivity index (χ3n) is 5.46. The van der Waals surface area contributed by atoms with Crippen LogP contribution in [-0.4, -0.2) is 52.9 Å². The molecule has 22 heavy (non-hydrogen) atoms. The smallest absolute Gasteiger partial charge is 0.0487 e. The first kappa shape index (κ1) is 14.2. The number of hydrogen-bond donors (Lipinski definition) is 2. The zero-order valence-corrected chi connectivity index (χ0v) is 12.8. The zero-order valence-electron chi connectivity index (χ0n) is 12.8. The van der Waals surface area contributed by atoms with Gasteiger partial charge in [0.1, 0.15) is 0 Å². The second-order valence-electron chi connectivity index (χ2n) is 6.78. The van der Waals surface area contributed by atoms with Gasteiger partial charge in [-0.25, -0.2) is 0 Å². The SMILES string of the molecule is OCC1CN(Cc2cc3cnccc3[nH]2)CC12CCOCC2. The number of nitrogens with one attached hydrogen (secondary N) is 1. The van der Waals surface area contributed by atoms with Crippen LogP contribution < -0.4 is 0 Å². The van der Waals surface area contributed by atoms with Crippen LogP contribution in [0.2, 0.25) is 0 Å². The molecule has 2 aliphatic heterocycles. The van der Waals surface area contributed by atoms with Crippen LogP contribution in [0.15, 0.2) is 24.5 Å². The molecule has 4 rings (SSSR count). The zero-order chi connectivity index (χ0) is 15.0. The van der Waals surface area contributed by atoms with Crippen LogP contribution in [0.25, 0.3) is 10.9 Å². The molecule has 2 fully saturated rings. The van der Waals surface area contributed by atoms with Gasteiger partial charge in [-0.2, -0.15) is 0 Å². The van der Waals surface area contributed by atoms with E-state index in [9.17, 15) is 5.11 Å². The van der Waals surface area contributed by atoms with Gasteiger partial charge in [0.2, 0.25) is 0 Å². The predicted octanol–water partition coefficient (Wildman–Crippen LogP) is 1.78. The molecule has 2 aliphatic rings. The number of nitrogens with zero attached hydrogens (tertiary/aromatic N) is 2. The Morgan fingerprint density at radius 3 is 3.05 bits per heavy atom. The van der Waals surface area contributed by atoms with Crippen LogP contribution in [0.1, 0.15) is 18.5 Å². The lowest BCUT2D eigenvalue weighted by atomic mass is 9.72. The first-order chi connectivity index (χ1) is 10.8. The number of pyridine rings is 1. The summed E-state index contributed by atoms with van der Waals surface area (Å²) in [5.41, 5.74) is 2.62. The fourth-order valence-electron chi connectivity index (χ4n) is 4.22. The molecule has 0 bridgehead atoms. The molecule has 2 N–H and O–H groups in total. The summed E-state index contributed by atoms with van der Waals surface area (Å²) in [4.78, 5) is 10.1. The molecule has 1 unspecified atom stereocenters. The molecule has 0 aliphatic carbocycles. The first-order valence-electron chi connectivity index (χ1n) is 8.12. The average Bonchev–Trinajstić information content (AvgIpc) is 3.09. The third kappa shape index (κ3) is 2.43. The molecule has 1 spiro atoms. The third-order valence-corrected chi connectivity index (χ3v) is 5.46. The van der Waals surface area contributed by atoms with Crippen molar-refractivity contribution in [3.8, 4) is 0 Å². The van der Waals surface area contributed by atoms with Crippen molar-refractivity contribution in [3.63, 3.8) is 0 Å². The van der Waals surface area contributed by atoms with E-state index >= 15 is 0 Å². The molecule has 1 atom stereocenters. The van der Waals surface area contributed by atoms with E-state index in [4.69, 9.17) is 4.74 Å². The van der Waals surface area contributed by atoms with Gasteiger partial charge in [-0.05, 0) is 30.4 Å². The van der Waals surface area contributed by atoms with E-state index in [1.54, 1.807) is 0 Å². The van der Waals surface area contributed by atoms with E-state index in [2.05, 4.69) is 20.9 Å². The number of H-pyrrole nitrogens is 1. The molecular weight excluding hydrogens is 278 g/mol. The Morgan fingerprint density at radius 2 is 2.27 bits per heavy atom. The highest BCUT2D eigenvalue weighted by Gasteiger charge is 2.46. The van der Waals surface area contributed by atoms with Crippen LogP contribution in [0.5, 0.6) is 0 Å². The highest BCUT2D eigenvalue weighted by molar-refractivity contribution is 5.79. The molecule has 2 aromatic heterocycles. The Kier molecular flexibility index (Phi) is 3.64. The van der Waals surface area contributed by atoms with E-state index in [1.807, 2.05) is 18.5 Å². The van der Waals surface area contributed by atoms with Crippen LogP contribution in [0.3, 0.4) is 0 Å². The summed E-state index contributed by atoms with van der Waals surface area (Å²) in [6, 6.07) is 4.20. The number of ether oxygens (including phenoxy) is 1. The van der Waals surface area contributed by atoms with Crippen molar-refractivity contribution >= 4 is 10.9 Å². The Bertz CT molecular complexity index is 615. The van der Waals surface area contributed by atoms with Gasteiger partial charge in [0.05, 0.1) is 0 Å². The molecule has 118 valence electrons. The molecule has 0 saturated carbocycles. The summed E-state index contributed by atoms with van der Waals surface area (Å²) in [5.74, 6) is 0.377. The largest absolute Gasteiger partial charge is 0.396 e. The summed E-state index contributed by atoms with van der Waals surface area (Å²) in [7, 11) is 0. The van der Waals surface area contributed by atoms with E-state index in [-0.39, 0.29) is 12.0 Å². The predicted molar refractivity (Wildman–Crippen MR) is 84.4 cm³/mol. The van der Waals surface area contributed by atoms with Crippen LogP contribution in [-0.2, 0) is 11.3 Å². The van der Waals surface area contributed by atoms with Crippen LogP contribution >= 0.6 is 0 Å². The first-order valence-corrected chi connectivity index (χ1v) is 8.12. The van der Waals surface area contributed by atoms with Gasteiger partial charge in [0.15, 0.2) is 0 Å². The van der Waals surface area contributed by atoms with Crippen LogP contribution in [0.4, 0.5) is 0 Å². The van der Waals surface area contributed by atoms with Gasteiger partial charge in [-0.3, -0.25) is 9.88 Å². The molecule has 5 nitrogen and oxygen atoms in total. The number of hydrogen-bond acceptors (Lipinski definition) is 4. The summed E-state index contributed by atoms with van der Waals surface area (Å²) >= 11 is 0. The number of likely N-dealkylation sites (tertiary alicyclic amines) is 1. The minimum absolute atomic E-state index is 0.251. The highest BCUT2D eigenvalue weighted by atomic mass is 16.5. The lowest BCUT2D eigenvalue weighted by Gasteiger charge is -2.37. The van der Waals surface area contributed by atoms with Gasteiger partial charge >= 0.3 is 0 Å². The number of aliphatic hydroxyl groups is 1. The van der Waals surface area contributed by atoms with Gasteiger partial charge in [-0.1, -0.05) is 0 Å². The number of aromatic nitrogens is 2. The van der Waals surface area contributed by atoms with Gasteiger partial charge in [0.25, 0.3) is 0 Å². The summed E-state index contributed by atoms with van der Waals surface area (Å²) in [5, 5.41) is 11.0. The normalized spacial score (nSPS) is 25.2. The quantitative estimate of drug-likeness (QED) is 0.907. The monoisotopic (exact) mass is 301 g/mol. The van der Waals surface area contributed by atoms with E-state index in [1.165, 1.54) is 5.69 Å². The average molecular weight is 301 g/mol. The number of aliphatic hydroxyl groups excluding tert-OH is 1. The van der Waals surface area contributed by atoms with Gasteiger partial charge in [-0.15, -0.1) is 0 Å². The Morgan fingerprint density at radius 1 is 1.41 bits per heavy atom.